The van der Waals surface area contributed by atoms with Gasteiger partial charge in [0, 0.05) is 5.56 Å². The van der Waals surface area contributed by atoms with Gasteiger partial charge in [-0.05, 0) is 69.9 Å². The fourth-order valence-corrected chi connectivity index (χ4v) is 7.10. The van der Waals surface area contributed by atoms with E-state index in [1.54, 1.807) is 6.92 Å². The third-order valence-corrected chi connectivity index (χ3v) is 11.2. The molecule has 2 aliphatic rings. The summed E-state index contributed by atoms with van der Waals surface area (Å²) in [5.41, 5.74) is 0.340. The zero-order chi connectivity index (χ0) is 22.5. The van der Waals surface area contributed by atoms with Gasteiger partial charge in [-0.25, -0.2) is 14.8 Å². The van der Waals surface area contributed by atoms with Gasteiger partial charge < -0.3 is 15.0 Å². The van der Waals surface area contributed by atoms with Crippen LogP contribution in [0.2, 0.25) is 0 Å². The molecule has 0 bridgehead atoms. The SMILES string of the molecule is CCOC(=O)n1nc2c(c1NC(=O)C1(S(C)(C)CC)CCC1)CN(C(=O)Cl)C2(C)C. The van der Waals surface area contributed by atoms with Gasteiger partial charge in [0.2, 0.25) is 5.91 Å². The summed E-state index contributed by atoms with van der Waals surface area (Å²) in [7, 11) is -1.17. The van der Waals surface area contributed by atoms with E-state index in [0.29, 0.717) is 11.3 Å². The van der Waals surface area contributed by atoms with Gasteiger partial charge in [0.15, 0.2) is 0 Å². The first kappa shape index (κ1) is 22.9. The predicted molar refractivity (Wildman–Crippen MR) is 120 cm³/mol. The van der Waals surface area contributed by atoms with Crippen LogP contribution in [0.15, 0.2) is 0 Å². The molecule has 2 amide bonds. The highest BCUT2D eigenvalue weighted by Gasteiger charge is 2.53. The van der Waals surface area contributed by atoms with Crippen molar-refractivity contribution in [1.82, 2.24) is 14.7 Å². The van der Waals surface area contributed by atoms with Crippen molar-refractivity contribution in [2.24, 2.45) is 0 Å². The minimum Gasteiger partial charge on any atom is -0.448 e. The molecule has 1 aliphatic heterocycles. The summed E-state index contributed by atoms with van der Waals surface area (Å²) in [5.74, 6) is 1.13. The lowest BCUT2D eigenvalue weighted by Gasteiger charge is -2.54. The van der Waals surface area contributed by atoms with Crippen molar-refractivity contribution < 1.29 is 19.1 Å². The number of amides is 2. The van der Waals surface area contributed by atoms with Crippen molar-refractivity contribution in [3.05, 3.63) is 11.3 Å². The van der Waals surface area contributed by atoms with E-state index in [9.17, 15) is 14.4 Å². The van der Waals surface area contributed by atoms with E-state index < -0.39 is 31.8 Å². The molecule has 10 heteroatoms. The van der Waals surface area contributed by atoms with Crippen LogP contribution < -0.4 is 5.32 Å². The number of aromatic nitrogens is 2. The highest BCUT2D eigenvalue weighted by atomic mass is 35.5. The Morgan fingerprint density at radius 2 is 1.87 bits per heavy atom. The molecule has 30 heavy (non-hydrogen) atoms. The molecule has 1 fully saturated rings. The number of nitrogens with zero attached hydrogens (tertiary/aromatic N) is 3. The zero-order valence-electron chi connectivity index (χ0n) is 18.5. The molecule has 0 spiro atoms. The quantitative estimate of drug-likeness (QED) is 0.526. The Labute approximate surface area is 184 Å². The molecule has 168 valence electrons. The molecule has 1 aromatic rings. The number of fused-ring (bicyclic) bond motifs is 1. The molecule has 0 atom stereocenters. The lowest BCUT2D eigenvalue weighted by Crippen LogP contribution is -2.52. The fraction of sp³-hybridized carbons (Fsp3) is 0.700. The van der Waals surface area contributed by atoms with Gasteiger partial charge in [0.05, 0.1) is 29.1 Å². The van der Waals surface area contributed by atoms with Gasteiger partial charge in [-0.15, -0.1) is 4.68 Å². The van der Waals surface area contributed by atoms with Crippen molar-refractivity contribution in [1.29, 1.82) is 0 Å². The molecule has 1 saturated carbocycles. The van der Waals surface area contributed by atoms with E-state index in [2.05, 4.69) is 29.9 Å². The first-order valence-electron chi connectivity index (χ1n) is 10.2. The number of rotatable bonds is 5. The molecule has 0 unspecified atom stereocenters. The first-order valence-corrected chi connectivity index (χ1v) is 13.2. The Kier molecular flexibility index (Phi) is 5.92. The fourth-order valence-electron chi connectivity index (χ4n) is 4.33. The molecule has 1 aliphatic carbocycles. The van der Waals surface area contributed by atoms with E-state index in [-0.39, 0.29) is 24.9 Å². The van der Waals surface area contributed by atoms with Gasteiger partial charge >= 0.3 is 11.5 Å². The van der Waals surface area contributed by atoms with E-state index in [1.807, 2.05) is 13.8 Å². The Morgan fingerprint density at radius 3 is 2.33 bits per heavy atom. The molecular weight excluding hydrogens is 428 g/mol. The van der Waals surface area contributed by atoms with E-state index in [1.165, 1.54) is 4.90 Å². The number of nitrogens with one attached hydrogen (secondary N) is 1. The van der Waals surface area contributed by atoms with Gasteiger partial charge in [-0.1, -0.05) is 6.92 Å². The second-order valence-electron chi connectivity index (χ2n) is 8.81. The number of carbonyl (C=O) groups is 3. The van der Waals surface area contributed by atoms with Crippen molar-refractivity contribution >= 4 is 44.8 Å². The molecule has 1 N–H and O–H groups in total. The average Bonchev–Trinajstić information content (AvgIpc) is 3.09. The highest BCUT2D eigenvalue weighted by molar-refractivity contribution is 8.34. The largest absolute Gasteiger partial charge is 0.448 e. The summed E-state index contributed by atoms with van der Waals surface area (Å²) >= 11 is 5.79. The van der Waals surface area contributed by atoms with Crippen LogP contribution in [-0.2, 0) is 21.6 Å². The topological polar surface area (TPSA) is 93.5 Å². The normalized spacial score (nSPS) is 19.6. The van der Waals surface area contributed by atoms with Crippen LogP contribution in [0, 0.1) is 0 Å². The standard InChI is InChI=1S/C20H31ClN4O4S/c1-7-29-18(28)25-15(13-12-24(17(21)27)19(3,4)14(13)23-25)22-16(26)20(10-9-11-20)30(5,6)8-2/h7-12H2,1-6H3,(H,22,26). The molecule has 0 aromatic carbocycles. The van der Waals surface area contributed by atoms with Crippen LogP contribution in [-0.4, -0.2) is 61.7 Å². The molecule has 3 rings (SSSR count). The molecule has 0 radical (unpaired) electrons. The monoisotopic (exact) mass is 458 g/mol. The number of carbonyl (C=O) groups excluding carboxylic acids is 3. The molecular formula is C20H31ClN4O4S. The Balaban J connectivity index is 2.05. The maximum atomic E-state index is 13.5. The summed E-state index contributed by atoms with van der Waals surface area (Å²) in [6, 6.07) is 0. The third kappa shape index (κ3) is 3.30. The number of anilines is 1. The molecule has 1 aromatic heterocycles. The molecule has 8 nitrogen and oxygen atoms in total. The van der Waals surface area contributed by atoms with Crippen LogP contribution in [0.3, 0.4) is 0 Å². The van der Waals surface area contributed by atoms with Crippen molar-refractivity contribution in [3.63, 3.8) is 0 Å². The summed E-state index contributed by atoms with van der Waals surface area (Å²) in [6.07, 6.45) is 6.41. The minimum absolute atomic E-state index is 0.0858. The zero-order valence-corrected chi connectivity index (χ0v) is 20.1. The summed E-state index contributed by atoms with van der Waals surface area (Å²) in [6.45, 7) is 7.80. The van der Waals surface area contributed by atoms with Crippen molar-refractivity contribution in [2.45, 2.75) is 63.8 Å². The van der Waals surface area contributed by atoms with E-state index in [0.717, 1.165) is 29.7 Å². The smallest absolute Gasteiger partial charge is 0.436 e. The van der Waals surface area contributed by atoms with E-state index >= 15 is 0 Å². The number of hydrogen-bond acceptors (Lipinski definition) is 5. The Morgan fingerprint density at radius 1 is 1.23 bits per heavy atom. The maximum Gasteiger partial charge on any atom is 0.436 e. The second-order valence-corrected chi connectivity index (χ2v) is 13.6. The lowest BCUT2D eigenvalue weighted by molar-refractivity contribution is -0.120. The van der Waals surface area contributed by atoms with Crippen LogP contribution in [0.5, 0.6) is 0 Å². The average molecular weight is 459 g/mol. The Hall–Kier alpha value is -1.74. The van der Waals surface area contributed by atoms with Gasteiger partial charge in [-0.3, -0.25) is 9.59 Å². The van der Waals surface area contributed by atoms with Crippen LogP contribution in [0.1, 0.15) is 58.2 Å². The van der Waals surface area contributed by atoms with Crippen molar-refractivity contribution in [3.8, 4) is 0 Å². The number of ether oxygens (including phenoxy) is 1. The van der Waals surface area contributed by atoms with Gasteiger partial charge in [0.25, 0.3) is 0 Å². The molecule has 0 saturated heterocycles. The summed E-state index contributed by atoms with van der Waals surface area (Å²) in [5, 5.41) is 6.84. The third-order valence-electron chi connectivity index (χ3n) is 6.79. The van der Waals surface area contributed by atoms with Crippen molar-refractivity contribution in [2.75, 3.05) is 30.2 Å². The summed E-state index contributed by atoms with van der Waals surface area (Å²) < 4.78 is 5.85. The number of halogens is 1. The molecule has 2 heterocycles. The van der Waals surface area contributed by atoms with E-state index in [4.69, 9.17) is 16.3 Å². The Bertz CT molecular complexity index is 892. The lowest BCUT2D eigenvalue weighted by atomic mass is 9.83. The van der Waals surface area contributed by atoms with Gasteiger partial charge in [-0.2, -0.15) is 5.10 Å². The first-order chi connectivity index (χ1) is 13.9. The number of hydrogen-bond donors (Lipinski definition) is 1. The van der Waals surface area contributed by atoms with Crippen LogP contribution in [0.4, 0.5) is 15.4 Å². The van der Waals surface area contributed by atoms with Gasteiger partial charge in [0.1, 0.15) is 5.82 Å². The maximum absolute atomic E-state index is 13.5. The highest BCUT2D eigenvalue weighted by Crippen LogP contribution is 2.62. The minimum atomic E-state index is -1.17. The summed E-state index contributed by atoms with van der Waals surface area (Å²) in [4.78, 5) is 39.5. The van der Waals surface area contributed by atoms with Crippen LogP contribution >= 0.6 is 21.6 Å². The second kappa shape index (κ2) is 7.75. The predicted octanol–water partition coefficient (Wildman–Crippen LogP) is 4.24. The van der Waals surface area contributed by atoms with Crippen LogP contribution in [0.25, 0.3) is 0 Å².